The molecule has 5 rings (SSSR count). The molecule has 2 atom stereocenters. The quantitative estimate of drug-likeness (QED) is 0.644. The highest BCUT2D eigenvalue weighted by atomic mass is 35.5. The summed E-state index contributed by atoms with van der Waals surface area (Å²) < 4.78 is 0. The molecule has 0 saturated carbocycles. The molecule has 7 nitrogen and oxygen atoms in total. The molecule has 3 aliphatic heterocycles. The number of piperidine rings is 2. The Balaban J connectivity index is 1.33. The van der Waals surface area contributed by atoms with E-state index in [0.717, 1.165) is 37.1 Å². The standard InChI is InChI=1S/C25H27ClN4O3/c26-18-4-1-15(2-5-18)17-3-6-21-20(13-17)25(33)30-12-9-19(14-22(30)24(32)29-21)28-23(31)16-7-10-27-11-8-16/h1-6,13,16,19,22,27H,7-12,14H2,(H,28,31)(H,29,32)/p+1/t19-,22-/m0/s1. The van der Waals surface area contributed by atoms with E-state index in [2.05, 4.69) is 16.0 Å². The Morgan fingerprint density at radius 2 is 1.76 bits per heavy atom. The molecule has 33 heavy (non-hydrogen) atoms. The second-order valence-electron chi connectivity index (χ2n) is 9.14. The number of rotatable bonds is 3. The summed E-state index contributed by atoms with van der Waals surface area (Å²) >= 11 is 6.00. The first-order valence-electron chi connectivity index (χ1n) is 11.6. The Hall–Kier alpha value is -2.90. The molecule has 4 N–H and O–H groups in total. The minimum Gasteiger partial charge on any atom is -0.353 e. The van der Waals surface area contributed by atoms with Gasteiger partial charge in [0, 0.05) is 36.4 Å². The number of nitrogens with zero attached hydrogens (tertiary/aromatic N) is 1. The number of fused-ring (bicyclic) bond motifs is 2. The summed E-state index contributed by atoms with van der Waals surface area (Å²) in [4.78, 5) is 40.9. The lowest BCUT2D eigenvalue weighted by Crippen LogP contribution is -2.86. The minimum atomic E-state index is -0.595. The van der Waals surface area contributed by atoms with Gasteiger partial charge in [0.25, 0.3) is 5.91 Å². The molecule has 3 amide bonds. The molecule has 0 aromatic heterocycles. The van der Waals surface area contributed by atoms with Crippen molar-refractivity contribution in [2.75, 3.05) is 25.0 Å². The van der Waals surface area contributed by atoms with Crippen molar-refractivity contribution < 1.29 is 19.7 Å². The number of halogens is 1. The van der Waals surface area contributed by atoms with Crippen LogP contribution in [0.1, 0.15) is 36.0 Å². The number of nitrogens with two attached hydrogens (primary N) is 1. The van der Waals surface area contributed by atoms with E-state index < -0.39 is 6.04 Å². The predicted octanol–water partition coefficient (Wildman–Crippen LogP) is 2.02. The fraction of sp³-hybridized carbons (Fsp3) is 0.400. The Labute approximate surface area is 197 Å². The molecule has 0 aliphatic carbocycles. The van der Waals surface area contributed by atoms with Gasteiger partial charge in [0.2, 0.25) is 11.8 Å². The molecule has 3 heterocycles. The SMILES string of the molecule is O=C(N[C@H]1CCN2C(=O)c3cc(-c4ccc(Cl)cc4)ccc3NC(=O)[C@@H]2C1)C1CC[NH2+]CC1. The van der Waals surface area contributed by atoms with Crippen molar-refractivity contribution in [3.8, 4) is 11.1 Å². The number of hydrogen-bond donors (Lipinski definition) is 3. The van der Waals surface area contributed by atoms with Crippen LogP contribution >= 0.6 is 11.6 Å². The first-order valence-corrected chi connectivity index (χ1v) is 12.0. The average molecular weight is 468 g/mol. The third-order valence-electron chi connectivity index (χ3n) is 7.01. The molecule has 0 bridgehead atoms. The van der Waals surface area contributed by atoms with Crippen molar-refractivity contribution in [2.45, 2.75) is 37.8 Å². The number of quaternary nitrogens is 1. The van der Waals surface area contributed by atoms with Gasteiger partial charge in [0.15, 0.2) is 0 Å². The molecule has 0 radical (unpaired) electrons. The van der Waals surface area contributed by atoms with Crippen molar-refractivity contribution >= 4 is 35.0 Å². The number of amides is 3. The molecule has 3 aliphatic rings. The van der Waals surface area contributed by atoms with Gasteiger partial charge < -0.3 is 20.9 Å². The van der Waals surface area contributed by atoms with Gasteiger partial charge in [-0.05, 0) is 48.2 Å². The summed E-state index contributed by atoms with van der Waals surface area (Å²) in [6.45, 7) is 2.39. The zero-order valence-electron chi connectivity index (χ0n) is 18.4. The Morgan fingerprint density at radius 3 is 2.52 bits per heavy atom. The van der Waals surface area contributed by atoms with Crippen molar-refractivity contribution in [3.63, 3.8) is 0 Å². The monoisotopic (exact) mass is 467 g/mol. The number of hydrogen-bond acceptors (Lipinski definition) is 3. The summed E-state index contributed by atoms with van der Waals surface area (Å²) in [5.74, 6) is -0.227. The molecule has 2 aromatic carbocycles. The number of benzene rings is 2. The summed E-state index contributed by atoms with van der Waals surface area (Å²) in [5, 5.41) is 8.98. The van der Waals surface area contributed by atoms with Crippen LogP contribution in [0, 0.1) is 5.92 Å². The van der Waals surface area contributed by atoms with Crippen molar-refractivity contribution in [2.24, 2.45) is 5.92 Å². The second kappa shape index (κ2) is 9.15. The van der Waals surface area contributed by atoms with Crippen LogP contribution in [-0.2, 0) is 9.59 Å². The van der Waals surface area contributed by atoms with Gasteiger partial charge in [-0.3, -0.25) is 14.4 Å². The highest BCUT2D eigenvalue weighted by Gasteiger charge is 2.40. The number of anilines is 1. The number of nitrogens with one attached hydrogen (secondary N) is 2. The van der Waals surface area contributed by atoms with Crippen LogP contribution in [0.25, 0.3) is 11.1 Å². The Kier molecular flexibility index (Phi) is 6.08. The largest absolute Gasteiger partial charge is 0.353 e. The highest BCUT2D eigenvalue weighted by molar-refractivity contribution is 6.30. The number of carbonyl (C=O) groups excluding carboxylic acids is 3. The first kappa shape index (κ1) is 21.9. The number of carbonyl (C=O) groups is 3. The normalized spacial score (nSPS) is 23.2. The van der Waals surface area contributed by atoms with E-state index >= 15 is 0 Å². The zero-order chi connectivity index (χ0) is 22.9. The maximum absolute atomic E-state index is 13.5. The Morgan fingerprint density at radius 1 is 1.03 bits per heavy atom. The predicted molar refractivity (Wildman–Crippen MR) is 126 cm³/mol. The lowest BCUT2D eigenvalue weighted by Gasteiger charge is -2.38. The summed E-state index contributed by atoms with van der Waals surface area (Å²) in [7, 11) is 0. The average Bonchev–Trinajstić information content (AvgIpc) is 2.94. The fourth-order valence-electron chi connectivity index (χ4n) is 5.12. The summed E-state index contributed by atoms with van der Waals surface area (Å²) in [5.41, 5.74) is 2.84. The molecule has 2 fully saturated rings. The van der Waals surface area contributed by atoms with Crippen molar-refractivity contribution in [1.29, 1.82) is 0 Å². The maximum atomic E-state index is 13.5. The van der Waals surface area contributed by atoms with Gasteiger partial charge in [-0.2, -0.15) is 0 Å². The topological polar surface area (TPSA) is 95.1 Å². The van der Waals surface area contributed by atoms with Gasteiger partial charge in [-0.1, -0.05) is 29.8 Å². The smallest absolute Gasteiger partial charge is 0.256 e. The van der Waals surface area contributed by atoms with E-state index in [1.54, 1.807) is 11.0 Å². The molecule has 2 aromatic rings. The van der Waals surface area contributed by atoms with Gasteiger partial charge in [0.05, 0.1) is 24.3 Å². The van der Waals surface area contributed by atoms with E-state index in [9.17, 15) is 14.4 Å². The van der Waals surface area contributed by atoms with Crippen LogP contribution in [-0.4, -0.2) is 54.3 Å². The molecule has 8 heteroatoms. The third-order valence-corrected chi connectivity index (χ3v) is 7.26. The van der Waals surface area contributed by atoms with E-state index in [4.69, 9.17) is 11.6 Å². The maximum Gasteiger partial charge on any atom is 0.256 e. The molecular formula is C25H28ClN4O3+. The molecule has 0 spiro atoms. The van der Waals surface area contributed by atoms with E-state index in [-0.39, 0.29) is 29.7 Å². The van der Waals surface area contributed by atoms with Gasteiger partial charge in [-0.15, -0.1) is 0 Å². The fourth-order valence-corrected chi connectivity index (χ4v) is 5.24. The third kappa shape index (κ3) is 4.48. The second-order valence-corrected chi connectivity index (χ2v) is 9.58. The van der Waals surface area contributed by atoms with Gasteiger partial charge in [0.1, 0.15) is 6.04 Å². The lowest BCUT2D eigenvalue weighted by atomic mass is 9.93. The molecule has 172 valence electrons. The lowest BCUT2D eigenvalue weighted by molar-refractivity contribution is -0.664. The van der Waals surface area contributed by atoms with Crippen LogP contribution in [0.2, 0.25) is 5.02 Å². The molecule has 2 saturated heterocycles. The zero-order valence-corrected chi connectivity index (χ0v) is 19.1. The summed E-state index contributed by atoms with van der Waals surface area (Å²) in [6, 6.07) is 12.3. The Bertz CT molecular complexity index is 1080. The summed E-state index contributed by atoms with van der Waals surface area (Å²) in [6.07, 6.45) is 2.85. The highest BCUT2D eigenvalue weighted by Crippen LogP contribution is 2.32. The van der Waals surface area contributed by atoms with E-state index in [0.29, 0.717) is 35.7 Å². The van der Waals surface area contributed by atoms with Crippen LogP contribution in [0.4, 0.5) is 5.69 Å². The van der Waals surface area contributed by atoms with Gasteiger partial charge in [-0.25, -0.2) is 0 Å². The first-order chi connectivity index (χ1) is 16.0. The van der Waals surface area contributed by atoms with Crippen LogP contribution < -0.4 is 16.0 Å². The van der Waals surface area contributed by atoms with Gasteiger partial charge >= 0.3 is 0 Å². The van der Waals surface area contributed by atoms with E-state index in [1.807, 2.05) is 36.4 Å². The van der Waals surface area contributed by atoms with E-state index in [1.165, 1.54) is 0 Å². The van der Waals surface area contributed by atoms with Crippen LogP contribution in [0.15, 0.2) is 42.5 Å². The van der Waals surface area contributed by atoms with Crippen LogP contribution in [0.3, 0.4) is 0 Å². The van der Waals surface area contributed by atoms with Crippen molar-refractivity contribution in [1.82, 2.24) is 10.2 Å². The van der Waals surface area contributed by atoms with Crippen molar-refractivity contribution in [3.05, 3.63) is 53.1 Å². The molecule has 0 unspecified atom stereocenters. The van der Waals surface area contributed by atoms with Crippen LogP contribution in [0.5, 0.6) is 0 Å². The minimum absolute atomic E-state index is 0.0492. The molecular weight excluding hydrogens is 440 g/mol.